The Labute approximate surface area is 162 Å². The van der Waals surface area contributed by atoms with E-state index in [0.717, 1.165) is 12.8 Å². The normalized spacial score (nSPS) is 13.7. The molecule has 0 nitrogen and oxygen atoms in total. The van der Waals surface area contributed by atoms with Crippen LogP contribution in [0.5, 0.6) is 0 Å². The highest BCUT2D eigenvalue weighted by atomic mass is 79.9. The van der Waals surface area contributed by atoms with Gasteiger partial charge in [-0.25, -0.2) is 0 Å². The molecule has 0 saturated carbocycles. The van der Waals surface area contributed by atoms with Gasteiger partial charge in [0.25, 0.3) is 0 Å². The van der Waals surface area contributed by atoms with Crippen molar-refractivity contribution in [1.29, 1.82) is 0 Å². The van der Waals surface area contributed by atoms with Crippen molar-refractivity contribution in [3.63, 3.8) is 0 Å². The summed E-state index contributed by atoms with van der Waals surface area (Å²) in [6.07, 6.45) is 4.58. The molecule has 4 aromatic carbocycles. The summed E-state index contributed by atoms with van der Waals surface area (Å²) in [5.41, 5.74) is 6.99. The zero-order valence-corrected chi connectivity index (χ0v) is 16.3. The summed E-state index contributed by atoms with van der Waals surface area (Å²) in [6, 6.07) is 24.1. The minimum Gasteiger partial charge on any atom is -0.0616 e. The number of benzene rings is 4. The Morgan fingerprint density at radius 2 is 1.42 bits per heavy atom. The minimum absolute atomic E-state index is 1.08. The lowest BCUT2D eigenvalue weighted by Crippen LogP contribution is -2.03. The van der Waals surface area contributed by atoms with Crippen LogP contribution in [0.4, 0.5) is 0 Å². The molecule has 126 valence electrons. The molecule has 0 fully saturated rings. The van der Waals surface area contributed by atoms with E-state index < -0.39 is 0 Å². The summed E-state index contributed by atoms with van der Waals surface area (Å²) in [5, 5.41) is 5.36. The average Bonchev–Trinajstić information content (AvgIpc) is 2.71. The summed E-state index contributed by atoms with van der Waals surface area (Å²) < 4.78 is 1.28. The highest BCUT2D eigenvalue weighted by Crippen LogP contribution is 2.41. The quantitative estimate of drug-likeness (QED) is 0.310. The van der Waals surface area contributed by atoms with Crippen LogP contribution in [0, 0.1) is 6.92 Å². The third-order valence-electron chi connectivity index (χ3n) is 5.64. The first kappa shape index (κ1) is 15.8. The molecule has 0 aromatic heterocycles. The Morgan fingerprint density at radius 3 is 2.27 bits per heavy atom. The number of allylic oxidation sites excluding steroid dienone is 1. The number of hydrogen-bond acceptors (Lipinski definition) is 0. The summed E-state index contributed by atoms with van der Waals surface area (Å²) >= 11 is 3.87. The van der Waals surface area contributed by atoms with E-state index >= 15 is 0 Å². The van der Waals surface area contributed by atoms with Gasteiger partial charge in [-0.1, -0.05) is 88.7 Å². The van der Waals surface area contributed by atoms with E-state index in [0.29, 0.717) is 0 Å². The first-order chi connectivity index (χ1) is 12.7. The van der Waals surface area contributed by atoms with E-state index in [9.17, 15) is 0 Å². The maximum absolute atomic E-state index is 3.87. The van der Waals surface area contributed by atoms with Crippen molar-refractivity contribution in [1.82, 2.24) is 0 Å². The number of rotatable bonds is 1. The van der Waals surface area contributed by atoms with Crippen molar-refractivity contribution < 1.29 is 0 Å². The predicted molar refractivity (Wildman–Crippen MR) is 117 cm³/mol. The summed E-state index contributed by atoms with van der Waals surface area (Å²) in [5.74, 6) is 0. The van der Waals surface area contributed by atoms with Crippen LogP contribution < -0.4 is 0 Å². The van der Waals surface area contributed by atoms with Crippen LogP contribution in [0.25, 0.3) is 33.2 Å². The minimum atomic E-state index is 1.08. The predicted octanol–water partition coefficient (Wildman–Crippen LogP) is 7.55. The number of fused-ring (bicyclic) bond motifs is 4. The van der Waals surface area contributed by atoms with E-state index in [-0.39, 0.29) is 0 Å². The van der Waals surface area contributed by atoms with E-state index in [1.807, 2.05) is 0 Å². The van der Waals surface area contributed by atoms with Crippen LogP contribution in [-0.2, 0) is 6.42 Å². The van der Waals surface area contributed by atoms with Crippen LogP contribution in [0.2, 0.25) is 0 Å². The van der Waals surface area contributed by atoms with Crippen LogP contribution in [0.15, 0.2) is 71.2 Å². The van der Waals surface area contributed by atoms with E-state index in [1.165, 1.54) is 53.8 Å². The van der Waals surface area contributed by atoms with Gasteiger partial charge in [-0.3, -0.25) is 0 Å². The number of aryl methyl sites for hydroxylation is 1. The van der Waals surface area contributed by atoms with Crippen molar-refractivity contribution in [2.45, 2.75) is 19.8 Å². The van der Waals surface area contributed by atoms with Gasteiger partial charge in [0.1, 0.15) is 0 Å². The highest BCUT2D eigenvalue weighted by molar-refractivity contribution is 9.10. The molecule has 0 unspecified atom stereocenters. The Morgan fingerprint density at radius 1 is 0.731 bits per heavy atom. The maximum atomic E-state index is 3.87. The Kier molecular flexibility index (Phi) is 3.72. The zero-order chi connectivity index (χ0) is 17.7. The largest absolute Gasteiger partial charge is 0.0616 e. The number of hydrogen-bond donors (Lipinski definition) is 0. The summed E-state index contributed by atoms with van der Waals surface area (Å²) in [4.78, 5) is 0. The Bertz CT molecular complexity index is 1190. The molecule has 1 aliphatic rings. The molecule has 26 heavy (non-hydrogen) atoms. The molecule has 0 bridgehead atoms. The fraction of sp³-hybridized carbons (Fsp3) is 0.120. The van der Waals surface area contributed by atoms with Gasteiger partial charge in [-0.2, -0.15) is 0 Å². The molecule has 5 rings (SSSR count). The van der Waals surface area contributed by atoms with Crippen LogP contribution in [0.1, 0.15) is 28.7 Å². The zero-order valence-electron chi connectivity index (χ0n) is 14.7. The van der Waals surface area contributed by atoms with E-state index in [2.05, 4.69) is 95.7 Å². The van der Waals surface area contributed by atoms with E-state index in [1.54, 1.807) is 0 Å². The second-order valence-corrected chi connectivity index (χ2v) is 7.87. The van der Waals surface area contributed by atoms with Gasteiger partial charge >= 0.3 is 0 Å². The van der Waals surface area contributed by atoms with E-state index in [4.69, 9.17) is 0 Å². The van der Waals surface area contributed by atoms with Crippen molar-refractivity contribution in [2.24, 2.45) is 0 Å². The Hall–Kier alpha value is -2.38. The highest BCUT2D eigenvalue weighted by Gasteiger charge is 2.20. The smallest absolute Gasteiger partial charge is 0.0249 e. The van der Waals surface area contributed by atoms with Gasteiger partial charge < -0.3 is 0 Å². The Balaban J connectivity index is 1.80. The van der Waals surface area contributed by atoms with Gasteiger partial charge in [0.05, 0.1) is 0 Å². The molecule has 0 saturated heterocycles. The molecule has 0 spiro atoms. The number of halogens is 1. The van der Waals surface area contributed by atoms with Gasteiger partial charge in [0.2, 0.25) is 0 Å². The molecule has 4 aromatic rings. The molecule has 1 aliphatic carbocycles. The second kappa shape index (κ2) is 6.10. The van der Waals surface area contributed by atoms with Crippen LogP contribution >= 0.6 is 15.9 Å². The van der Waals surface area contributed by atoms with Crippen LogP contribution in [-0.4, -0.2) is 0 Å². The van der Waals surface area contributed by atoms with Gasteiger partial charge in [0.15, 0.2) is 0 Å². The monoisotopic (exact) mass is 398 g/mol. The fourth-order valence-electron chi connectivity index (χ4n) is 4.30. The molecular formula is C25H19Br. The van der Waals surface area contributed by atoms with Gasteiger partial charge in [0, 0.05) is 4.47 Å². The SMILES string of the molecule is Cc1c(Br)c2c(c3ccccc13)C=C(c1cccc3ccccc13)CC2. The first-order valence-corrected chi connectivity index (χ1v) is 9.92. The first-order valence-electron chi connectivity index (χ1n) is 9.12. The molecule has 0 amide bonds. The van der Waals surface area contributed by atoms with Crippen molar-refractivity contribution in [2.75, 3.05) is 0 Å². The molecular weight excluding hydrogens is 380 g/mol. The molecule has 0 aliphatic heterocycles. The summed E-state index contributed by atoms with van der Waals surface area (Å²) in [7, 11) is 0. The average molecular weight is 399 g/mol. The fourth-order valence-corrected chi connectivity index (χ4v) is 4.93. The third-order valence-corrected chi connectivity index (χ3v) is 6.71. The molecule has 0 N–H and O–H groups in total. The van der Waals surface area contributed by atoms with Crippen molar-refractivity contribution >= 4 is 49.1 Å². The van der Waals surface area contributed by atoms with Gasteiger partial charge in [-0.15, -0.1) is 0 Å². The van der Waals surface area contributed by atoms with Crippen molar-refractivity contribution in [3.05, 3.63) is 93.5 Å². The topological polar surface area (TPSA) is 0 Å². The molecule has 0 heterocycles. The second-order valence-electron chi connectivity index (χ2n) is 7.07. The molecule has 0 radical (unpaired) electrons. The van der Waals surface area contributed by atoms with Crippen LogP contribution in [0.3, 0.4) is 0 Å². The maximum Gasteiger partial charge on any atom is 0.0249 e. The standard InChI is InChI=1S/C25H19Br/c1-16-19-9-4-5-11-22(19)24-15-18(13-14-23(24)25(16)26)21-12-6-8-17-7-2-3-10-20(17)21/h2-12,15H,13-14H2,1H3. The third kappa shape index (κ3) is 2.34. The summed E-state index contributed by atoms with van der Waals surface area (Å²) in [6.45, 7) is 2.22. The van der Waals surface area contributed by atoms with Gasteiger partial charge in [-0.05, 0) is 69.1 Å². The lowest BCUT2D eigenvalue weighted by atomic mass is 9.83. The lowest BCUT2D eigenvalue weighted by molar-refractivity contribution is 0.995. The lowest BCUT2D eigenvalue weighted by Gasteiger charge is -2.22. The van der Waals surface area contributed by atoms with Crippen molar-refractivity contribution in [3.8, 4) is 0 Å². The molecule has 1 heteroatoms. The molecule has 0 atom stereocenters.